The molecule has 1 heterocycles. The topological polar surface area (TPSA) is 18.5 Å². The number of rotatable bonds is 5. The predicted octanol–water partition coefficient (Wildman–Crippen LogP) is 2.76. The van der Waals surface area contributed by atoms with Crippen LogP contribution in [-0.2, 0) is 9.47 Å². The molecule has 1 aliphatic rings. The first kappa shape index (κ1) is 11.6. The van der Waals surface area contributed by atoms with Crippen molar-refractivity contribution in [2.45, 2.75) is 43.2 Å². The SMILES string of the molecule is CC(Cl)CCCOC1OCCC1Cl. The summed E-state index contributed by atoms with van der Waals surface area (Å²) in [7, 11) is 0. The smallest absolute Gasteiger partial charge is 0.173 e. The first-order valence-electron chi connectivity index (χ1n) is 4.71. The molecule has 1 aliphatic heterocycles. The molecule has 3 atom stereocenters. The largest absolute Gasteiger partial charge is 0.351 e. The van der Waals surface area contributed by atoms with E-state index in [2.05, 4.69) is 0 Å². The molecular formula is C9H16Cl2O2. The molecule has 1 saturated heterocycles. The van der Waals surface area contributed by atoms with Crippen molar-refractivity contribution in [1.29, 1.82) is 0 Å². The van der Waals surface area contributed by atoms with E-state index in [1.54, 1.807) is 0 Å². The summed E-state index contributed by atoms with van der Waals surface area (Å²) in [4.78, 5) is 0. The van der Waals surface area contributed by atoms with Crippen molar-refractivity contribution >= 4 is 23.2 Å². The average Bonchev–Trinajstić information content (AvgIpc) is 2.45. The Morgan fingerprint density at radius 2 is 2.38 bits per heavy atom. The van der Waals surface area contributed by atoms with Gasteiger partial charge in [0.05, 0.1) is 12.0 Å². The Balaban J connectivity index is 1.99. The maximum atomic E-state index is 5.94. The van der Waals surface area contributed by atoms with E-state index in [0.29, 0.717) is 13.2 Å². The lowest BCUT2D eigenvalue weighted by molar-refractivity contribution is -0.109. The summed E-state index contributed by atoms with van der Waals surface area (Å²) < 4.78 is 10.7. The maximum absolute atomic E-state index is 5.94. The quantitative estimate of drug-likeness (QED) is 0.531. The third-order valence-electron chi connectivity index (χ3n) is 2.00. The molecule has 1 rings (SSSR count). The maximum Gasteiger partial charge on any atom is 0.173 e. The lowest BCUT2D eigenvalue weighted by Crippen LogP contribution is -2.20. The van der Waals surface area contributed by atoms with Crippen LogP contribution in [0.1, 0.15) is 26.2 Å². The van der Waals surface area contributed by atoms with E-state index in [0.717, 1.165) is 19.3 Å². The molecule has 1 fully saturated rings. The van der Waals surface area contributed by atoms with E-state index in [9.17, 15) is 0 Å². The summed E-state index contributed by atoms with van der Waals surface area (Å²) in [6.07, 6.45) is 2.63. The van der Waals surface area contributed by atoms with Crippen molar-refractivity contribution in [3.63, 3.8) is 0 Å². The average molecular weight is 227 g/mol. The van der Waals surface area contributed by atoms with Gasteiger partial charge < -0.3 is 9.47 Å². The number of ether oxygens (including phenoxy) is 2. The van der Waals surface area contributed by atoms with E-state index < -0.39 is 0 Å². The van der Waals surface area contributed by atoms with Gasteiger partial charge in [-0.05, 0) is 26.2 Å². The molecule has 2 nitrogen and oxygen atoms in total. The van der Waals surface area contributed by atoms with Crippen LogP contribution in [0.2, 0.25) is 0 Å². The van der Waals surface area contributed by atoms with E-state index >= 15 is 0 Å². The van der Waals surface area contributed by atoms with E-state index in [1.165, 1.54) is 0 Å². The molecule has 0 bridgehead atoms. The zero-order valence-corrected chi connectivity index (χ0v) is 9.35. The Labute approximate surface area is 89.5 Å². The van der Waals surface area contributed by atoms with Crippen LogP contribution in [0.4, 0.5) is 0 Å². The molecule has 0 aliphatic carbocycles. The normalized spacial score (nSPS) is 30.7. The highest BCUT2D eigenvalue weighted by Crippen LogP contribution is 2.20. The Morgan fingerprint density at radius 3 is 2.92 bits per heavy atom. The minimum atomic E-state index is -0.202. The zero-order chi connectivity index (χ0) is 9.68. The fraction of sp³-hybridized carbons (Fsp3) is 1.00. The van der Waals surface area contributed by atoms with Crippen molar-refractivity contribution in [2.75, 3.05) is 13.2 Å². The number of hydrogen-bond acceptors (Lipinski definition) is 2. The van der Waals surface area contributed by atoms with Crippen LogP contribution >= 0.6 is 23.2 Å². The molecule has 0 N–H and O–H groups in total. The van der Waals surface area contributed by atoms with Crippen molar-refractivity contribution in [1.82, 2.24) is 0 Å². The van der Waals surface area contributed by atoms with Crippen LogP contribution in [0.3, 0.4) is 0 Å². The van der Waals surface area contributed by atoms with Gasteiger partial charge in [0.25, 0.3) is 0 Å². The molecule has 0 radical (unpaired) electrons. The standard InChI is InChI=1S/C9H16Cl2O2/c1-7(10)3-2-5-12-9-8(11)4-6-13-9/h7-9H,2-6H2,1H3. The van der Waals surface area contributed by atoms with Crippen LogP contribution in [-0.4, -0.2) is 30.3 Å². The fourth-order valence-corrected chi connectivity index (χ4v) is 1.64. The molecule has 4 heteroatoms. The molecule has 0 aromatic rings. The number of alkyl halides is 2. The van der Waals surface area contributed by atoms with Gasteiger partial charge in [-0.15, -0.1) is 23.2 Å². The predicted molar refractivity (Wildman–Crippen MR) is 54.5 cm³/mol. The van der Waals surface area contributed by atoms with Gasteiger partial charge in [-0.3, -0.25) is 0 Å². The van der Waals surface area contributed by atoms with Gasteiger partial charge >= 0.3 is 0 Å². The van der Waals surface area contributed by atoms with Crippen LogP contribution in [0.5, 0.6) is 0 Å². The van der Waals surface area contributed by atoms with Gasteiger partial charge in [0.1, 0.15) is 0 Å². The summed E-state index contributed by atoms with van der Waals surface area (Å²) in [5.74, 6) is 0. The second kappa shape index (κ2) is 6.07. The third-order valence-corrected chi connectivity index (χ3v) is 2.64. The highest BCUT2D eigenvalue weighted by molar-refractivity contribution is 6.21. The molecule has 0 spiro atoms. The van der Waals surface area contributed by atoms with Gasteiger partial charge in [-0.2, -0.15) is 0 Å². The van der Waals surface area contributed by atoms with Crippen LogP contribution in [0.25, 0.3) is 0 Å². The van der Waals surface area contributed by atoms with Crippen LogP contribution < -0.4 is 0 Å². The summed E-state index contributed by atoms with van der Waals surface area (Å²) in [6, 6.07) is 0. The van der Waals surface area contributed by atoms with Crippen molar-refractivity contribution in [3.8, 4) is 0 Å². The minimum absolute atomic E-state index is 0.0217. The first-order valence-corrected chi connectivity index (χ1v) is 5.59. The Hall–Kier alpha value is 0.500. The van der Waals surface area contributed by atoms with Crippen molar-refractivity contribution < 1.29 is 9.47 Å². The summed E-state index contributed by atoms with van der Waals surface area (Å²) >= 11 is 11.7. The monoisotopic (exact) mass is 226 g/mol. The zero-order valence-electron chi connectivity index (χ0n) is 7.84. The number of halogens is 2. The molecule has 0 amide bonds. The summed E-state index contributed by atoms with van der Waals surface area (Å²) in [5, 5.41) is 0.244. The van der Waals surface area contributed by atoms with Crippen molar-refractivity contribution in [3.05, 3.63) is 0 Å². The van der Waals surface area contributed by atoms with Crippen molar-refractivity contribution in [2.24, 2.45) is 0 Å². The van der Waals surface area contributed by atoms with Gasteiger partial charge in [-0.1, -0.05) is 0 Å². The molecule has 0 aromatic carbocycles. The van der Waals surface area contributed by atoms with E-state index in [4.69, 9.17) is 32.7 Å². The highest BCUT2D eigenvalue weighted by atomic mass is 35.5. The second-order valence-electron chi connectivity index (χ2n) is 3.34. The Morgan fingerprint density at radius 1 is 1.62 bits per heavy atom. The van der Waals surface area contributed by atoms with E-state index in [1.807, 2.05) is 6.92 Å². The van der Waals surface area contributed by atoms with Gasteiger partial charge in [0, 0.05) is 12.0 Å². The summed E-state index contributed by atoms with van der Waals surface area (Å²) in [5.41, 5.74) is 0. The summed E-state index contributed by atoms with van der Waals surface area (Å²) in [6.45, 7) is 3.38. The van der Waals surface area contributed by atoms with Crippen LogP contribution in [0, 0.1) is 0 Å². The molecule has 3 unspecified atom stereocenters. The van der Waals surface area contributed by atoms with E-state index in [-0.39, 0.29) is 17.0 Å². The molecule has 0 saturated carbocycles. The minimum Gasteiger partial charge on any atom is -0.351 e. The fourth-order valence-electron chi connectivity index (χ4n) is 1.25. The Kier molecular flexibility index (Phi) is 5.41. The second-order valence-corrected chi connectivity index (χ2v) is 4.64. The molecule has 78 valence electrons. The first-order chi connectivity index (χ1) is 6.20. The third kappa shape index (κ3) is 4.50. The van der Waals surface area contributed by atoms with Gasteiger partial charge in [0.15, 0.2) is 6.29 Å². The van der Waals surface area contributed by atoms with Crippen LogP contribution in [0.15, 0.2) is 0 Å². The van der Waals surface area contributed by atoms with Gasteiger partial charge in [0.2, 0.25) is 0 Å². The van der Waals surface area contributed by atoms with Gasteiger partial charge in [-0.25, -0.2) is 0 Å². The Bertz CT molecular complexity index is 142. The lowest BCUT2D eigenvalue weighted by atomic mass is 10.2. The highest BCUT2D eigenvalue weighted by Gasteiger charge is 2.26. The molecular weight excluding hydrogens is 211 g/mol. The molecule has 13 heavy (non-hydrogen) atoms. The number of hydrogen-bond donors (Lipinski definition) is 0. The molecule has 0 aromatic heterocycles. The lowest BCUT2D eigenvalue weighted by Gasteiger charge is -2.14.